The fourth-order valence-electron chi connectivity index (χ4n) is 1.63. The van der Waals surface area contributed by atoms with Gasteiger partial charge in [-0.05, 0) is 36.4 Å². The van der Waals surface area contributed by atoms with E-state index in [1.165, 1.54) is 30.3 Å². The Morgan fingerprint density at radius 3 is 2.25 bits per heavy atom. The summed E-state index contributed by atoms with van der Waals surface area (Å²) < 4.78 is 26.9. The quantitative estimate of drug-likeness (QED) is 0.907. The standard InChI is InChI=1S/C13H11ClN2O3S/c14-9-5-7-10(8-6-9)16-20(18,19)12-4-2-1-3-11(12)13(15)17/h1-8,16H,(H2,15,17). The van der Waals surface area contributed by atoms with Gasteiger partial charge in [-0.2, -0.15) is 0 Å². The van der Waals surface area contributed by atoms with Crippen LogP contribution in [0.25, 0.3) is 0 Å². The number of nitrogens with two attached hydrogens (primary N) is 1. The Balaban J connectivity index is 2.41. The third-order valence-electron chi connectivity index (χ3n) is 2.54. The molecule has 2 aromatic rings. The maximum absolute atomic E-state index is 12.3. The van der Waals surface area contributed by atoms with E-state index in [2.05, 4.69) is 4.72 Å². The van der Waals surface area contributed by atoms with Gasteiger partial charge in [-0.25, -0.2) is 8.42 Å². The fraction of sp³-hybridized carbons (Fsp3) is 0. The number of benzene rings is 2. The van der Waals surface area contributed by atoms with Crippen molar-refractivity contribution in [3.8, 4) is 0 Å². The molecule has 0 aliphatic rings. The van der Waals surface area contributed by atoms with Crippen LogP contribution in [-0.2, 0) is 10.0 Å². The molecular weight excluding hydrogens is 300 g/mol. The molecule has 0 aromatic heterocycles. The predicted molar refractivity (Wildman–Crippen MR) is 77.2 cm³/mol. The van der Waals surface area contributed by atoms with Gasteiger partial charge in [0.05, 0.1) is 5.56 Å². The zero-order chi connectivity index (χ0) is 14.8. The van der Waals surface area contributed by atoms with Crippen molar-refractivity contribution < 1.29 is 13.2 Å². The summed E-state index contributed by atoms with van der Waals surface area (Å²) in [4.78, 5) is 11.1. The molecule has 0 heterocycles. The van der Waals surface area contributed by atoms with Crippen LogP contribution in [-0.4, -0.2) is 14.3 Å². The molecule has 104 valence electrons. The number of primary amides is 1. The average Bonchev–Trinajstić information content (AvgIpc) is 2.41. The zero-order valence-corrected chi connectivity index (χ0v) is 11.8. The number of sulfonamides is 1. The van der Waals surface area contributed by atoms with Crippen LogP contribution >= 0.6 is 11.6 Å². The maximum atomic E-state index is 12.3. The first kappa shape index (κ1) is 14.4. The van der Waals surface area contributed by atoms with E-state index in [0.29, 0.717) is 10.7 Å². The van der Waals surface area contributed by atoms with Gasteiger partial charge in [0.25, 0.3) is 10.0 Å². The monoisotopic (exact) mass is 310 g/mol. The summed E-state index contributed by atoms with van der Waals surface area (Å²) in [6.07, 6.45) is 0. The van der Waals surface area contributed by atoms with E-state index < -0.39 is 15.9 Å². The molecule has 1 amide bonds. The van der Waals surface area contributed by atoms with E-state index in [-0.39, 0.29) is 10.5 Å². The van der Waals surface area contributed by atoms with Crippen molar-refractivity contribution in [1.82, 2.24) is 0 Å². The topological polar surface area (TPSA) is 89.3 Å². The van der Waals surface area contributed by atoms with Gasteiger partial charge in [0, 0.05) is 10.7 Å². The van der Waals surface area contributed by atoms with E-state index in [1.54, 1.807) is 18.2 Å². The molecule has 2 aromatic carbocycles. The molecule has 0 radical (unpaired) electrons. The van der Waals surface area contributed by atoms with Crippen LogP contribution in [0.2, 0.25) is 5.02 Å². The second kappa shape index (κ2) is 5.52. The lowest BCUT2D eigenvalue weighted by Crippen LogP contribution is -2.20. The summed E-state index contributed by atoms with van der Waals surface area (Å²) in [7, 11) is -3.90. The van der Waals surface area contributed by atoms with Crippen molar-refractivity contribution >= 4 is 33.2 Å². The molecule has 5 nitrogen and oxygen atoms in total. The number of hydrogen-bond acceptors (Lipinski definition) is 3. The highest BCUT2D eigenvalue weighted by Crippen LogP contribution is 2.20. The maximum Gasteiger partial charge on any atom is 0.262 e. The van der Waals surface area contributed by atoms with Crippen LogP contribution in [0.3, 0.4) is 0 Å². The number of nitrogens with one attached hydrogen (secondary N) is 1. The number of hydrogen-bond donors (Lipinski definition) is 2. The Hall–Kier alpha value is -2.05. The summed E-state index contributed by atoms with van der Waals surface area (Å²) in [6.45, 7) is 0. The molecule has 0 aliphatic heterocycles. The van der Waals surface area contributed by atoms with Crippen molar-refractivity contribution in [2.75, 3.05) is 4.72 Å². The number of carbonyl (C=O) groups excluding carboxylic acids is 1. The molecule has 3 N–H and O–H groups in total. The smallest absolute Gasteiger partial charge is 0.262 e. The molecule has 0 bridgehead atoms. The van der Waals surface area contributed by atoms with Crippen LogP contribution in [0.15, 0.2) is 53.4 Å². The Morgan fingerprint density at radius 2 is 1.65 bits per heavy atom. The van der Waals surface area contributed by atoms with Gasteiger partial charge in [-0.1, -0.05) is 23.7 Å². The van der Waals surface area contributed by atoms with Gasteiger partial charge in [0.2, 0.25) is 5.91 Å². The molecule has 0 saturated heterocycles. The Labute approximate surface area is 121 Å². The normalized spacial score (nSPS) is 11.1. The molecule has 2 rings (SSSR count). The molecule has 20 heavy (non-hydrogen) atoms. The van der Waals surface area contributed by atoms with Gasteiger partial charge < -0.3 is 5.73 Å². The lowest BCUT2D eigenvalue weighted by molar-refractivity contribution is 0.0997. The SMILES string of the molecule is NC(=O)c1ccccc1S(=O)(=O)Nc1ccc(Cl)cc1. The summed E-state index contributed by atoms with van der Waals surface area (Å²) in [5, 5.41) is 0.491. The average molecular weight is 311 g/mol. The summed E-state index contributed by atoms with van der Waals surface area (Å²) in [6, 6.07) is 11.9. The van der Waals surface area contributed by atoms with Crippen LogP contribution in [0.1, 0.15) is 10.4 Å². The Kier molecular flexibility index (Phi) is 3.96. The zero-order valence-electron chi connectivity index (χ0n) is 10.2. The molecule has 7 heteroatoms. The van der Waals surface area contributed by atoms with Gasteiger partial charge in [0.15, 0.2) is 0 Å². The molecule has 0 saturated carbocycles. The third kappa shape index (κ3) is 3.09. The number of carbonyl (C=O) groups is 1. The van der Waals surface area contributed by atoms with E-state index in [4.69, 9.17) is 17.3 Å². The molecule has 0 spiro atoms. The summed E-state index contributed by atoms with van der Waals surface area (Å²) >= 11 is 5.73. The van der Waals surface area contributed by atoms with E-state index in [9.17, 15) is 13.2 Å². The number of rotatable bonds is 4. The third-order valence-corrected chi connectivity index (χ3v) is 4.23. The van der Waals surface area contributed by atoms with E-state index in [0.717, 1.165) is 0 Å². The van der Waals surface area contributed by atoms with E-state index in [1.807, 2.05) is 0 Å². The lowest BCUT2D eigenvalue weighted by Gasteiger charge is -2.10. The molecule has 0 aliphatic carbocycles. The highest BCUT2D eigenvalue weighted by molar-refractivity contribution is 7.92. The minimum absolute atomic E-state index is 0.0611. The number of anilines is 1. The van der Waals surface area contributed by atoms with Gasteiger partial charge in [-0.3, -0.25) is 9.52 Å². The van der Waals surface area contributed by atoms with Crippen molar-refractivity contribution in [3.63, 3.8) is 0 Å². The van der Waals surface area contributed by atoms with Gasteiger partial charge >= 0.3 is 0 Å². The molecular formula is C13H11ClN2O3S. The molecule has 0 atom stereocenters. The Morgan fingerprint density at radius 1 is 1.05 bits per heavy atom. The van der Waals surface area contributed by atoms with Gasteiger partial charge in [-0.15, -0.1) is 0 Å². The molecule has 0 unspecified atom stereocenters. The second-order valence-corrected chi connectivity index (χ2v) is 6.06. The van der Waals surface area contributed by atoms with Crippen molar-refractivity contribution in [2.45, 2.75) is 4.90 Å². The first-order chi connectivity index (χ1) is 9.40. The van der Waals surface area contributed by atoms with Gasteiger partial charge in [0.1, 0.15) is 4.90 Å². The number of halogens is 1. The van der Waals surface area contributed by atoms with Crippen LogP contribution < -0.4 is 10.5 Å². The fourth-order valence-corrected chi connectivity index (χ4v) is 3.03. The predicted octanol–water partition coefficient (Wildman–Crippen LogP) is 2.24. The Bertz CT molecular complexity index is 742. The largest absolute Gasteiger partial charge is 0.366 e. The van der Waals surface area contributed by atoms with Crippen molar-refractivity contribution in [1.29, 1.82) is 0 Å². The van der Waals surface area contributed by atoms with Crippen LogP contribution in [0.5, 0.6) is 0 Å². The first-order valence-electron chi connectivity index (χ1n) is 5.57. The van der Waals surface area contributed by atoms with Crippen LogP contribution in [0, 0.1) is 0 Å². The van der Waals surface area contributed by atoms with E-state index >= 15 is 0 Å². The van der Waals surface area contributed by atoms with Crippen molar-refractivity contribution in [3.05, 3.63) is 59.1 Å². The first-order valence-corrected chi connectivity index (χ1v) is 7.43. The minimum Gasteiger partial charge on any atom is -0.366 e. The minimum atomic E-state index is -3.90. The van der Waals surface area contributed by atoms with Crippen LogP contribution in [0.4, 0.5) is 5.69 Å². The summed E-state index contributed by atoms with van der Waals surface area (Å²) in [5.41, 5.74) is 5.46. The second-order valence-electron chi connectivity index (χ2n) is 3.97. The van der Waals surface area contributed by atoms with Crippen molar-refractivity contribution in [2.24, 2.45) is 5.73 Å². The molecule has 0 fully saturated rings. The highest BCUT2D eigenvalue weighted by atomic mass is 35.5. The highest BCUT2D eigenvalue weighted by Gasteiger charge is 2.20. The lowest BCUT2D eigenvalue weighted by atomic mass is 10.2. The number of amides is 1. The summed E-state index contributed by atoms with van der Waals surface area (Å²) in [5.74, 6) is -0.804.